The first-order valence-corrected chi connectivity index (χ1v) is 6.68. The number of hydrogen-bond acceptors (Lipinski definition) is 2. The van der Waals surface area contributed by atoms with Crippen molar-refractivity contribution in [2.75, 3.05) is 14.1 Å². The fourth-order valence-corrected chi connectivity index (χ4v) is 2.23. The SMILES string of the molecule is CN(C)Cc1ccccc1CNCc1ccn(C)c1. The van der Waals surface area contributed by atoms with Crippen molar-refractivity contribution < 1.29 is 0 Å². The van der Waals surface area contributed by atoms with Crippen molar-refractivity contribution in [2.24, 2.45) is 7.05 Å². The van der Waals surface area contributed by atoms with Gasteiger partial charge in [0.25, 0.3) is 0 Å². The summed E-state index contributed by atoms with van der Waals surface area (Å²) in [6.45, 7) is 2.82. The zero-order valence-electron chi connectivity index (χ0n) is 12.1. The van der Waals surface area contributed by atoms with Gasteiger partial charge in [0.1, 0.15) is 0 Å². The summed E-state index contributed by atoms with van der Waals surface area (Å²) in [5.74, 6) is 0. The minimum Gasteiger partial charge on any atom is -0.357 e. The Hall–Kier alpha value is -1.58. The summed E-state index contributed by atoms with van der Waals surface area (Å²) in [6, 6.07) is 10.8. The van der Waals surface area contributed by atoms with Gasteiger partial charge in [-0.2, -0.15) is 0 Å². The van der Waals surface area contributed by atoms with Gasteiger partial charge in [-0.25, -0.2) is 0 Å². The molecule has 0 spiro atoms. The molecule has 1 aromatic heterocycles. The Morgan fingerprint density at radius 2 is 1.79 bits per heavy atom. The van der Waals surface area contributed by atoms with Crippen LogP contribution in [0, 0.1) is 0 Å². The van der Waals surface area contributed by atoms with E-state index in [1.54, 1.807) is 0 Å². The Morgan fingerprint density at radius 3 is 2.42 bits per heavy atom. The second-order valence-corrected chi connectivity index (χ2v) is 5.30. The Bertz CT molecular complexity index is 514. The Labute approximate surface area is 115 Å². The maximum absolute atomic E-state index is 3.51. The van der Waals surface area contributed by atoms with Gasteiger partial charge in [-0.15, -0.1) is 0 Å². The quantitative estimate of drug-likeness (QED) is 0.857. The summed E-state index contributed by atoms with van der Waals surface area (Å²) in [5, 5.41) is 3.51. The number of rotatable bonds is 6. The first kappa shape index (κ1) is 13.8. The fourth-order valence-electron chi connectivity index (χ4n) is 2.23. The van der Waals surface area contributed by atoms with E-state index >= 15 is 0 Å². The molecule has 3 heteroatoms. The maximum atomic E-state index is 3.51. The van der Waals surface area contributed by atoms with E-state index in [2.05, 4.69) is 78.7 Å². The van der Waals surface area contributed by atoms with Gasteiger partial charge < -0.3 is 14.8 Å². The predicted molar refractivity (Wildman–Crippen MR) is 79.8 cm³/mol. The smallest absolute Gasteiger partial charge is 0.0230 e. The molecule has 0 radical (unpaired) electrons. The molecule has 1 heterocycles. The third-order valence-corrected chi connectivity index (χ3v) is 3.14. The van der Waals surface area contributed by atoms with E-state index in [0.717, 1.165) is 19.6 Å². The normalized spacial score (nSPS) is 11.2. The van der Waals surface area contributed by atoms with E-state index in [9.17, 15) is 0 Å². The topological polar surface area (TPSA) is 20.2 Å². The van der Waals surface area contributed by atoms with Crippen molar-refractivity contribution in [1.29, 1.82) is 0 Å². The minimum absolute atomic E-state index is 0.914. The lowest BCUT2D eigenvalue weighted by atomic mass is 10.1. The van der Waals surface area contributed by atoms with Crippen LogP contribution in [0.25, 0.3) is 0 Å². The van der Waals surface area contributed by atoms with Crippen molar-refractivity contribution >= 4 is 0 Å². The molecule has 0 bridgehead atoms. The van der Waals surface area contributed by atoms with Crippen LogP contribution >= 0.6 is 0 Å². The highest BCUT2D eigenvalue weighted by Gasteiger charge is 2.03. The molecule has 2 aromatic rings. The van der Waals surface area contributed by atoms with Crippen molar-refractivity contribution in [3.63, 3.8) is 0 Å². The van der Waals surface area contributed by atoms with Gasteiger partial charge >= 0.3 is 0 Å². The molecule has 0 saturated heterocycles. The molecule has 0 aliphatic heterocycles. The third kappa shape index (κ3) is 4.23. The van der Waals surface area contributed by atoms with Crippen LogP contribution in [0.1, 0.15) is 16.7 Å². The van der Waals surface area contributed by atoms with Crippen LogP contribution in [0.2, 0.25) is 0 Å². The molecular weight excluding hydrogens is 234 g/mol. The minimum atomic E-state index is 0.914. The zero-order valence-corrected chi connectivity index (χ0v) is 12.1. The molecule has 0 saturated carbocycles. The van der Waals surface area contributed by atoms with Gasteiger partial charge in [-0.3, -0.25) is 0 Å². The van der Waals surface area contributed by atoms with E-state index < -0.39 is 0 Å². The number of aromatic nitrogens is 1. The Balaban J connectivity index is 1.92. The van der Waals surface area contributed by atoms with Crippen molar-refractivity contribution in [3.8, 4) is 0 Å². The van der Waals surface area contributed by atoms with Gasteiger partial charge in [0, 0.05) is 39.1 Å². The van der Waals surface area contributed by atoms with E-state index in [-0.39, 0.29) is 0 Å². The van der Waals surface area contributed by atoms with E-state index in [1.807, 2.05) is 0 Å². The molecule has 0 atom stereocenters. The lowest BCUT2D eigenvalue weighted by molar-refractivity contribution is 0.400. The number of nitrogens with zero attached hydrogens (tertiary/aromatic N) is 2. The molecule has 1 aromatic carbocycles. The first-order chi connectivity index (χ1) is 9.15. The van der Waals surface area contributed by atoms with Gasteiger partial charge in [0.15, 0.2) is 0 Å². The summed E-state index contributed by atoms with van der Waals surface area (Å²) >= 11 is 0. The predicted octanol–water partition coefficient (Wildman–Crippen LogP) is 2.38. The van der Waals surface area contributed by atoms with Crippen LogP contribution in [0.4, 0.5) is 0 Å². The van der Waals surface area contributed by atoms with Gasteiger partial charge in [0.2, 0.25) is 0 Å². The summed E-state index contributed by atoms with van der Waals surface area (Å²) in [6.07, 6.45) is 4.23. The lowest BCUT2D eigenvalue weighted by Gasteiger charge is -2.14. The molecule has 2 rings (SSSR count). The van der Waals surface area contributed by atoms with Crippen LogP contribution in [0.15, 0.2) is 42.7 Å². The molecule has 1 N–H and O–H groups in total. The number of benzene rings is 1. The molecule has 0 amide bonds. The van der Waals surface area contributed by atoms with Gasteiger partial charge in [-0.1, -0.05) is 24.3 Å². The van der Waals surface area contributed by atoms with Gasteiger partial charge in [-0.05, 0) is 36.9 Å². The van der Waals surface area contributed by atoms with Crippen LogP contribution in [0.3, 0.4) is 0 Å². The maximum Gasteiger partial charge on any atom is 0.0230 e. The lowest BCUT2D eigenvalue weighted by Crippen LogP contribution is -2.17. The highest BCUT2D eigenvalue weighted by Crippen LogP contribution is 2.10. The monoisotopic (exact) mass is 257 g/mol. The molecule has 19 heavy (non-hydrogen) atoms. The first-order valence-electron chi connectivity index (χ1n) is 6.68. The molecule has 3 nitrogen and oxygen atoms in total. The molecule has 0 unspecified atom stereocenters. The third-order valence-electron chi connectivity index (χ3n) is 3.14. The van der Waals surface area contributed by atoms with Crippen molar-refractivity contribution in [3.05, 3.63) is 59.4 Å². The summed E-state index contributed by atoms with van der Waals surface area (Å²) < 4.78 is 2.08. The standard InChI is InChI=1S/C16H23N3/c1-18(2)13-16-7-5-4-6-15(16)11-17-10-14-8-9-19(3)12-14/h4-9,12,17H,10-11,13H2,1-3H3. The fraction of sp³-hybridized carbons (Fsp3) is 0.375. The summed E-state index contributed by atoms with van der Waals surface area (Å²) in [4.78, 5) is 2.20. The molecule has 0 aliphatic carbocycles. The number of hydrogen-bond donors (Lipinski definition) is 1. The number of aryl methyl sites for hydroxylation is 1. The van der Waals surface area contributed by atoms with Crippen LogP contribution in [0.5, 0.6) is 0 Å². The average Bonchev–Trinajstić information content (AvgIpc) is 2.77. The Morgan fingerprint density at radius 1 is 1.05 bits per heavy atom. The molecule has 0 aliphatic rings. The second kappa shape index (κ2) is 6.55. The van der Waals surface area contributed by atoms with E-state index in [0.29, 0.717) is 0 Å². The highest BCUT2D eigenvalue weighted by molar-refractivity contribution is 5.27. The van der Waals surface area contributed by atoms with Crippen molar-refractivity contribution in [2.45, 2.75) is 19.6 Å². The zero-order chi connectivity index (χ0) is 13.7. The van der Waals surface area contributed by atoms with Crippen LogP contribution in [-0.2, 0) is 26.7 Å². The van der Waals surface area contributed by atoms with E-state index in [4.69, 9.17) is 0 Å². The molecule has 0 fully saturated rings. The highest BCUT2D eigenvalue weighted by atomic mass is 15.0. The van der Waals surface area contributed by atoms with Crippen molar-refractivity contribution in [1.82, 2.24) is 14.8 Å². The van der Waals surface area contributed by atoms with Gasteiger partial charge in [0.05, 0.1) is 0 Å². The summed E-state index contributed by atoms with van der Waals surface area (Å²) in [7, 11) is 6.26. The van der Waals surface area contributed by atoms with Crippen LogP contribution < -0.4 is 5.32 Å². The second-order valence-electron chi connectivity index (χ2n) is 5.30. The van der Waals surface area contributed by atoms with E-state index in [1.165, 1.54) is 16.7 Å². The summed E-state index contributed by atoms with van der Waals surface area (Å²) in [5.41, 5.74) is 4.10. The van der Waals surface area contributed by atoms with Crippen LogP contribution in [-0.4, -0.2) is 23.6 Å². The average molecular weight is 257 g/mol. The molecular formula is C16H23N3. The Kier molecular flexibility index (Phi) is 4.77. The number of nitrogens with one attached hydrogen (secondary N) is 1. The largest absolute Gasteiger partial charge is 0.357 e. The molecule has 102 valence electrons.